The second-order valence-electron chi connectivity index (χ2n) is 3.50. The number of carbonyl (C=O) groups excluding carboxylic acids is 1. The van der Waals surface area contributed by atoms with E-state index in [1.54, 1.807) is 25.4 Å². The Hall–Kier alpha value is -2.56. The number of nitrogens with one attached hydrogen (secondary N) is 2. The zero-order valence-electron chi connectivity index (χ0n) is 9.88. The van der Waals surface area contributed by atoms with Crippen LogP contribution in [0.5, 0.6) is 11.5 Å². The molecular formula is C13H13N3O2. The second kappa shape index (κ2) is 5.67. The summed E-state index contributed by atoms with van der Waals surface area (Å²) < 4.78 is 5.57. The minimum atomic E-state index is -0.306. The number of aromatic nitrogens is 1. The molecule has 0 aliphatic carbocycles. The zero-order chi connectivity index (χ0) is 12.8. The summed E-state index contributed by atoms with van der Waals surface area (Å²) >= 11 is 0. The van der Waals surface area contributed by atoms with Crippen LogP contribution >= 0.6 is 0 Å². The van der Waals surface area contributed by atoms with Crippen molar-refractivity contribution in [1.82, 2.24) is 10.3 Å². The first-order chi connectivity index (χ1) is 8.78. The van der Waals surface area contributed by atoms with E-state index in [9.17, 15) is 4.79 Å². The smallest absolute Gasteiger partial charge is 0.320 e. The Balaban J connectivity index is 2.02. The summed E-state index contributed by atoms with van der Waals surface area (Å²) in [5.74, 6) is 1.82. The van der Waals surface area contributed by atoms with Crippen molar-refractivity contribution >= 4 is 11.8 Å². The lowest BCUT2D eigenvalue weighted by Gasteiger charge is -2.06. The average Bonchev–Trinajstić information content (AvgIpc) is 2.42. The molecule has 0 saturated heterocycles. The number of pyridine rings is 1. The van der Waals surface area contributed by atoms with Gasteiger partial charge in [-0.25, -0.2) is 9.78 Å². The number of anilines is 1. The van der Waals surface area contributed by atoms with Gasteiger partial charge in [0.05, 0.1) is 6.20 Å². The van der Waals surface area contributed by atoms with E-state index in [0.29, 0.717) is 11.6 Å². The van der Waals surface area contributed by atoms with Crippen molar-refractivity contribution in [1.29, 1.82) is 0 Å². The molecule has 0 saturated carbocycles. The number of rotatable bonds is 3. The first-order valence-corrected chi connectivity index (χ1v) is 5.45. The highest BCUT2D eigenvalue weighted by Gasteiger charge is 2.01. The fourth-order valence-electron chi connectivity index (χ4n) is 1.32. The van der Waals surface area contributed by atoms with Crippen LogP contribution in [-0.2, 0) is 0 Å². The van der Waals surface area contributed by atoms with Gasteiger partial charge in [-0.05, 0) is 24.3 Å². The number of para-hydroxylation sites is 1. The number of benzene rings is 1. The summed E-state index contributed by atoms with van der Waals surface area (Å²) in [7, 11) is 1.54. The highest BCUT2D eigenvalue weighted by Crippen LogP contribution is 2.20. The lowest BCUT2D eigenvalue weighted by Crippen LogP contribution is -2.24. The molecule has 0 aliphatic heterocycles. The van der Waals surface area contributed by atoms with Crippen LogP contribution in [0.25, 0.3) is 0 Å². The molecule has 2 aromatic rings. The summed E-state index contributed by atoms with van der Waals surface area (Å²) in [6.45, 7) is 0. The van der Waals surface area contributed by atoms with Crippen molar-refractivity contribution in [2.45, 2.75) is 0 Å². The van der Waals surface area contributed by atoms with Gasteiger partial charge in [-0.2, -0.15) is 0 Å². The largest absolute Gasteiger partial charge is 0.456 e. The number of hydrogen-bond acceptors (Lipinski definition) is 3. The molecule has 0 fully saturated rings. The number of nitrogens with zero attached hydrogens (tertiary/aromatic N) is 1. The molecule has 2 amide bonds. The molecular weight excluding hydrogens is 230 g/mol. The maximum Gasteiger partial charge on any atom is 0.320 e. The highest BCUT2D eigenvalue weighted by molar-refractivity contribution is 5.87. The van der Waals surface area contributed by atoms with Crippen LogP contribution in [0, 0.1) is 0 Å². The highest BCUT2D eigenvalue weighted by atomic mass is 16.5. The van der Waals surface area contributed by atoms with Gasteiger partial charge < -0.3 is 10.1 Å². The molecule has 92 valence electrons. The van der Waals surface area contributed by atoms with Crippen LogP contribution in [0.15, 0.2) is 48.7 Å². The first-order valence-electron chi connectivity index (χ1n) is 5.45. The molecule has 0 radical (unpaired) electrons. The Kier molecular flexibility index (Phi) is 3.76. The molecule has 0 bridgehead atoms. The Bertz CT molecular complexity index is 512. The monoisotopic (exact) mass is 243 g/mol. The van der Waals surface area contributed by atoms with E-state index in [0.717, 1.165) is 5.75 Å². The van der Waals surface area contributed by atoms with Crippen LogP contribution in [0.4, 0.5) is 10.6 Å². The predicted octanol–water partition coefficient (Wildman–Crippen LogP) is 2.63. The van der Waals surface area contributed by atoms with Crippen LogP contribution in [0.2, 0.25) is 0 Å². The topological polar surface area (TPSA) is 63.2 Å². The molecule has 2 rings (SSSR count). The molecule has 0 atom stereocenters. The van der Waals surface area contributed by atoms with Gasteiger partial charge in [-0.1, -0.05) is 18.2 Å². The van der Waals surface area contributed by atoms with Gasteiger partial charge in [0.25, 0.3) is 0 Å². The third kappa shape index (κ3) is 3.21. The predicted molar refractivity (Wildman–Crippen MR) is 68.8 cm³/mol. The van der Waals surface area contributed by atoms with Crippen molar-refractivity contribution in [2.24, 2.45) is 0 Å². The third-order valence-electron chi connectivity index (χ3n) is 2.18. The third-order valence-corrected chi connectivity index (χ3v) is 2.18. The SMILES string of the molecule is CNC(=O)Nc1ccc(Oc2ccccc2)cn1. The standard InChI is InChI=1S/C13H13N3O2/c1-14-13(17)16-12-8-7-11(9-15-12)18-10-5-3-2-4-6-10/h2-9H,1H3,(H2,14,15,16,17). The summed E-state index contributed by atoms with van der Waals surface area (Å²) in [6, 6.07) is 12.5. The first kappa shape index (κ1) is 11.9. The van der Waals surface area contributed by atoms with Crippen LogP contribution < -0.4 is 15.4 Å². The Morgan fingerprint density at radius 1 is 1.11 bits per heavy atom. The summed E-state index contributed by atoms with van der Waals surface area (Å²) in [4.78, 5) is 15.1. The molecule has 0 aliphatic rings. The minimum Gasteiger partial charge on any atom is -0.456 e. The van der Waals surface area contributed by atoms with Gasteiger partial charge in [-0.15, -0.1) is 0 Å². The molecule has 0 unspecified atom stereocenters. The Morgan fingerprint density at radius 3 is 2.50 bits per heavy atom. The molecule has 1 heterocycles. The van der Waals surface area contributed by atoms with Gasteiger partial charge >= 0.3 is 6.03 Å². The summed E-state index contributed by atoms with van der Waals surface area (Å²) in [6.07, 6.45) is 1.55. The summed E-state index contributed by atoms with van der Waals surface area (Å²) in [5.41, 5.74) is 0. The van der Waals surface area contributed by atoms with E-state index in [4.69, 9.17) is 4.74 Å². The van der Waals surface area contributed by atoms with Crippen LogP contribution in [0.3, 0.4) is 0 Å². The van der Waals surface area contributed by atoms with E-state index in [2.05, 4.69) is 15.6 Å². The number of ether oxygens (including phenoxy) is 1. The lowest BCUT2D eigenvalue weighted by atomic mass is 10.3. The van der Waals surface area contributed by atoms with Crippen molar-refractivity contribution in [3.63, 3.8) is 0 Å². The minimum absolute atomic E-state index is 0.306. The number of amides is 2. The Labute approximate surface area is 105 Å². The summed E-state index contributed by atoms with van der Waals surface area (Å²) in [5, 5.41) is 5.01. The molecule has 2 N–H and O–H groups in total. The van der Waals surface area contributed by atoms with E-state index in [-0.39, 0.29) is 6.03 Å². The van der Waals surface area contributed by atoms with Gasteiger partial charge in [0.1, 0.15) is 17.3 Å². The normalized spacial score (nSPS) is 9.61. The number of carbonyl (C=O) groups is 1. The van der Waals surface area contributed by atoms with Crippen molar-refractivity contribution < 1.29 is 9.53 Å². The molecule has 18 heavy (non-hydrogen) atoms. The van der Waals surface area contributed by atoms with E-state index < -0.39 is 0 Å². The average molecular weight is 243 g/mol. The van der Waals surface area contributed by atoms with E-state index >= 15 is 0 Å². The van der Waals surface area contributed by atoms with Gasteiger partial charge in [0, 0.05) is 7.05 Å². The lowest BCUT2D eigenvalue weighted by molar-refractivity contribution is 0.254. The van der Waals surface area contributed by atoms with Crippen LogP contribution in [0.1, 0.15) is 0 Å². The van der Waals surface area contributed by atoms with Crippen molar-refractivity contribution in [3.05, 3.63) is 48.7 Å². The Morgan fingerprint density at radius 2 is 1.89 bits per heavy atom. The van der Waals surface area contributed by atoms with E-state index in [1.807, 2.05) is 30.3 Å². The van der Waals surface area contributed by atoms with E-state index in [1.165, 1.54) is 0 Å². The molecule has 0 spiro atoms. The van der Waals surface area contributed by atoms with Gasteiger partial charge in [0.15, 0.2) is 0 Å². The van der Waals surface area contributed by atoms with Crippen molar-refractivity contribution in [2.75, 3.05) is 12.4 Å². The molecule has 5 heteroatoms. The number of urea groups is 1. The fraction of sp³-hybridized carbons (Fsp3) is 0.0769. The maximum atomic E-state index is 11.1. The van der Waals surface area contributed by atoms with Gasteiger partial charge in [-0.3, -0.25) is 5.32 Å². The second-order valence-corrected chi connectivity index (χ2v) is 3.50. The number of hydrogen-bond donors (Lipinski definition) is 2. The van der Waals surface area contributed by atoms with Crippen LogP contribution in [-0.4, -0.2) is 18.1 Å². The maximum absolute atomic E-state index is 11.1. The van der Waals surface area contributed by atoms with Gasteiger partial charge in [0.2, 0.25) is 0 Å². The zero-order valence-corrected chi connectivity index (χ0v) is 9.88. The molecule has 1 aromatic carbocycles. The fourth-order valence-corrected chi connectivity index (χ4v) is 1.32. The molecule has 1 aromatic heterocycles. The molecule has 5 nitrogen and oxygen atoms in total. The van der Waals surface area contributed by atoms with Crippen molar-refractivity contribution in [3.8, 4) is 11.5 Å². The quantitative estimate of drug-likeness (QED) is 0.871.